The molecule has 0 amide bonds. The van der Waals surface area contributed by atoms with Gasteiger partial charge in [-0.2, -0.15) is 0 Å². The van der Waals surface area contributed by atoms with Crippen molar-refractivity contribution in [2.24, 2.45) is 0 Å². The number of alkyl halides is 1. The van der Waals surface area contributed by atoms with Crippen molar-refractivity contribution >= 4 is 5.97 Å². The molecule has 1 aliphatic heterocycles. The van der Waals surface area contributed by atoms with Gasteiger partial charge in [0.05, 0.1) is 0 Å². The third kappa shape index (κ3) is 3.00. The summed E-state index contributed by atoms with van der Waals surface area (Å²) in [6.45, 7) is 0. The highest BCUT2D eigenvalue weighted by molar-refractivity contribution is 5.83. The van der Waals surface area contributed by atoms with Gasteiger partial charge < -0.3 is 14.6 Å². The zero-order chi connectivity index (χ0) is 13.8. The minimum atomic E-state index is -1.50. The molecule has 0 saturated heterocycles. The fraction of sp³-hybridized carbons (Fsp3) is 0.357. The van der Waals surface area contributed by atoms with E-state index in [1.54, 1.807) is 30.3 Å². The van der Waals surface area contributed by atoms with Crippen LogP contribution in [0.2, 0.25) is 0 Å². The van der Waals surface area contributed by atoms with Crippen molar-refractivity contribution in [1.82, 2.24) is 0 Å². The van der Waals surface area contributed by atoms with Gasteiger partial charge >= 0.3 is 5.97 Å². The van der Waals surface area contributed by atoms with E-state index in [9.17, 15) is 14.3 Å². The number of carbonyl (C=O) groups excluding carboxylic acids is 1. The second-order valence-electron chi connectivity index (χ2n) is 4.26. The highest BCUT2D eigenvalue weighted by atomic mass is 19.1. The summed E-state index contributed by atoms with van der Waals surface area (Å²) in [6.07, 6.45) is -2.30. The van der Waals surface area contributed by atoms with Crippen LogP contribution in [0.4, 0.5) is 4.39 Å². The van der Waals surface area contributed by atoms with Gasteiger partial charge in [0, 0.05) is 13.2 Å². The van der Waals surface area contributed by atoms with Crippen LogP contribution >= 0.6 is 0 Å². The van der Waals surface area contributed by atoms with E-state index in [0.717, 1.165) is 6.08 Å². The van der Waals surface area contributed by atoms with E-state index in [2.05, 4.69) is 0 Å². The lowest BCUT2D eigenvalue weighted by molar-refractivity contribution is -0.166. The van der Waals surface area contributed by atoms with E-state index in [1.807, 2.05) is 0 Å². The first-order chi connectivity index (χ1) is 9.13. The van der Waals surface area contributed by atoms with E-state index in [1.165, 1.54) is 13.2 Å². The molecular weight excluding hydrogens is 251 g/mol. The SMILES string of the molecule is COC(C(F)c1ccccc1)[C@@H]1OC(=O)C=C[C@@H]1O. The highest BCUT2D eigenvalue weighted by Gasteiger charge is 2.39. The summed E-state index contributed by atoms with van der Waals surface area (Å²) in [6, 6.07) is 8.42. The summed E-state index contributed by atoms with van der Waals surface area (Å²) in [5, 5.41) is 9.77. The second kappa shape index (κ2) is 5.95. The zero-order valence-corrected chi connectivity index (χ0v) is 10.4. The lowest BCUT2D eigenvalue weighted by atomic mass is 9.97. The molecule has 1 N–H and O–H groups in total. The van der Waals surface area contributed by atoms with Gasteiger partial charge in [-0.05, 0) is 11.6 Å². The molecule has 1 aliphatic rings. The summed E-state index contributed by atoms with van der Waals surface area (Å²) in [5.74, 6) is -0.613. The Balaban J connectivity index is 2.20. The number of cyclic esters (lactones) is 1. The maximum atomic E-state index is 14.4. The summed E-state index contributed by atoms with van der Waals surface area (Å²) in [5.41, 5.74) is 0.409. The normalized spacial score (nSPS) is 25.7. The van der Waals surface area contributed by atoms with Crippen LogP contribution in [-0.2, 0) is 14.3 Å². The number of methoxy groups -OCH3 is 1. The predicted molar refractivity (Wildman–Crippen MR) is 66.1 cm³/mol. The average Bonchev–Trinajstić information content (AvgIpc) is 2.44. The summed E-state index contributed by atoms with van der Waals surface area (Å²) in [7, 11) is 1.32. The Labute approximate surface area is 110 Å². The number of aliphatic hydroxyl groups is 1. The largest absolute Gasteiger partial charge is 0.453 e. The van der Waals surface area contributed by atoms with Crippen molar-refractivity contribution in [3.63, 3.8) is 0 Å². The van der Waals surface area contributed by atoms with Gasteiger partial charge in [0.2, 0.25) is 0 Å². The molecule has 0 bridgehead atoms. The monoisotopic (exact) mass is 266 g/mol. The van der Waals surface area contributed by atoms with Crippen LogP contribution in [0.3, 0.4) is 0 Å². The molecule has 1 heterocycles. The summed E-state index contributed by atoms with van der Waals surface area (Å²) in [4.78, 5) is 11.2. The number of hydrogen-bond acceptors (Lipinski definition) is 4. The van der Waals surface area contributed by atoms with Crippen molar-refractivity contribution in [3.8, 4) is 0 Å². The molecule has 1 aromatic rings. The standard InChI is InChI=1S/C14H15FO4/c1-18-14(12(15)9-5-3-2-4-6-9)13-10(16)7-8-11(17)19-13/h2-8,10,12-14,16H,1H3/t10-,12?,13+,14?/m0/s1. The van der Waals surface area contributed by atoms with E-state index in [0.29, 0.717) is 5.56 Å². The Morgan fingerprint density at radius 3 is 2.68 bits per heavy atom. The molecule has 102 valence electrons. The van der Waals surface area contributed by atoms with Gasteiger partial charge in [-0.1, -0.05) is 30.3 Å². The number of rotatable bonds is 4. The quantitative estimate of drug-likeness (QED) is 0.840. The third-order valence-electron chi connectivity index (χ3n) is 3.02. The number of aliphatic hydroxyl groups excluding tert-OH is 1. The van der Waals surface area contributed by atoms with Crippen molar-refractivity contribution in [3.05, 3.63) is 48.0 Å². The van der Waals surface area contributed by atoms with Crippen molar-refractivity contribution in [2.75, 3.05) is 7.11 Å². The third-order valence-corrected chi connectivity index (χ3v) is 3.02. The van der Waals surface area contributed by atoms with Crippen molar-refractivity contribution in [2.45, 2.75) is 24.5 Å². The number of ether oxygens (including phenoxy) is 2. The molecule has 4 atom stereocenters. The Morgan fingerprint density at radius 1 is 1.37 bits per heavy atom. The van der Waals surface area contributed by atoms with E-state index in [4.69, 9.17) is 9.47 Å². The first kappa shape index (κ1) is 13.7. The lowest BCUT2D eigenvalue weighted by Crippen LogP contribution is -2.45. The summed E-state index contributed by atoms with van der Waals surface area (Å²) >= 11 is 0. The second-order valence-corrected chi connectivity index (χ2v) is 4.26. The van der Waals surface area contributed by atoms with E-state index in [-0.39, 0.29) is 0 Å². The van der Waals surface area contributed by atoms with Crippen LogP contribution in [0, 0.1) is 0 Å². The minimum absolute atomic E-state index is 0.409. The molecule has 19 heavy (non-hydrogen) atoms. The number of carbonyl (C=O) groups is 1. The Kier molecular flexibility index (Phi) is 4.29. The molecule has 0 radical (unpaired) electrons. The highest BCUT2D eigenvalue weighted by Crippen LogP contribution is 2.29. The smallest absolute Gasteiger partial charge is 0.330 e. The molecule has 2 rings (SSSR count). The molecule has 2 unspecified atom stereocenters. The molecule has 0 aromatic heterocycles. The molecule has 0 fully saturated rings. The molecule has 0 aliphatic carbocycles. The zero-order valence-electron chi connectivity index (χ0n) is 10.4. The fourth-order valence-corrected chi connectivity index (χ4v) is 2.04. The van der Waals surface area contributed by atoms with Gasteiger partial charge in [0.1, 0.15) is 12.2 Å². The number of benzene rings is 1. The maximum Gasteiger partial charge on any atom is 0.330 e. The molecule has 0 saturated carbocycles. The van der Waals surface area contributed by atoms with Crippen LogP contribution in [-0.4, -0.2) is 36.5 Å². The number of esters is 1. The van der Waals surface area contributed by atoms with E-state index >= 15 is 0 Å². The summed E-state index contributed by atoms with van der Waals surface area (Å²) < 4.78 is 24.5. The maximum absolute atomic E-state index is 14.4. The Bertz CT molecular complexity index is 460. The van der Waals surface area contributed by atoms with Crippen LogP contribution in [0.25, 0.3) is 0 Å². The fourth-order valence-electron chi connectivity index (χ4n) is 2.04. The van der Waals surface area contributed by atoms with Gasteiger partial charge in [-0.3, -0.25) is 0 Å². The van der Waals surface area contributed by atoms with Crippen molar-refractivity contribution < 1.29 is 23.8 Å². The predicted octanol–water partition coefficient (Wildman–Crippen LogP) is 1.55. The van der Waals surface area contributed by atoms with Gasteiger partial charge in [-0.15, -0.1) is 0 Å². The topological polar surface area (TPSA) is 55.8 Å². The van der Waals surface area contributed by atoms with Crippen LogP contribution in [0.15, 0.2) is 42.5 Å². The molecule has 1 aromatic carbocycles. The van der Waals surface area contributed by atoms with Crippen molar-refractivity contribution in [1.29, 1.82) is 0 Å². The van der Waals surface area contributed by atoms with Gasteiger partial charge in [0.25, 0.3) is 0 Å². The molecule has 5 heteroatoms. The Hall–Kier alpha value is -1.72. The Morgan fingerprint density at radius 2 is 2.05 bits per heavy atom. The van der Waals surface area contributed by atoms with Gasteiger partial charge in [0.15, 0.2) is 12.3 Å². The van der Waals surface area contributed by atoms with Crippen LogP contribution < -0.4 is 0 Å². The first-order valence-electron chi connectivity index (χ1n) is 5.92. The minimum Gasteiger partial charge on any atom is -0.453 e. The average molecular weight is 266 g/mol. The van der Waals surface area contributed by atoms with Crippen LogP contribution in [0.5, 0.6) is 0 Å². The number of hydrogen-bond donors (Lipinski definition) is 1. The molecule has 0 spiro atoms. The first-order valence-corrected chi connectivity index (χ1v) is 5.92. The molecule has 4 nitrogen and oxygen atoms in total. The molecular formula is C14H15FO4. The number of halogens is 1. The van der Waals surface area contributed by atoms with E-state index < -0.39 is 30.5 Å². The lowest BCUT2D eigenvalue weighted by Gasteiger charge is -2.32. The van der Waals surface area contributed by atoms with Gasteiger partial charge in [-0.25, -0.2) is 9.18 Å². The van der Waals surface area contributed by atoms with Crippen LogP contribution in [0.1, 0.15) is 11.7 Å².